The van der Waals surface area contributed by atoms with Crippen molar-refractivity contribution in [1.82, 2.24) is 0 Å². The molecule has 2 heteroatoms. The molecule has 0 fully saturated rings. The highest BCUT2D eigenvalue weighted by Crippen LogP contribution is 2.24. The van der Waals surface area contributed by atoms with Crippen molar-refractivity contribution in [1.29, 1.82) is 0 Å². The normalized spacial score (nSPS) is 14.3. The lowest BCUT2D eigenvalue weighted by Gasteiger charge is -2.18. The fourth-order valence-corrected chi connectivity index (χ4v) is 2.17. The van der Waals surface area contributed by atoms with E-state index in [1.165, 1.54) is 5.57 Å². The zero-order valence-corrected chi connectivity index (χ0v) is 14.4. The first-order valence-corrected chi connectivity index (χ1v) is 7.73. The van der Waals surface area contributed by atoms with Crippen molar-refractivity contribution in [2.24, 2.45) is 0 Å². The van der Waals surface area contributed by atoms with Gasteiger partial charge in [0.15, 0.2) is 0 Å². The molecule has 0 spiro atoms. The molecule has 0 aliphatic heterocycles. The van der Waals surface area contributed by atoms with E-state index in [1.54, 1.807) is 7.11 Å². The van der Waals surface area contributed by atoms with Crippen molar-refractivity contribution in [3.8, 4) is 5.75 Å². The standard InChI is InChI=1S/C20H28O2/c1-6-8-17-10-11-18(19(15-17)22-5)12-14-20(4,21)13-7-9-16(2)3/h6,8-12,14-15,21H,7,13H2,1-5H3. The molecule has 1 rings (SSSR count). The van der Waals surface area contributed by atoms with E-state index in [1.807, 2.05) is 56.4 Å². The summed E-state index contributed by atoms with van der Waals surface area (Å²) in [6.45, 7) is 7.97. The van der Waals surface area contributed by atoms with Crippen LogP contribution in [0, 0.1) is 0 Å². The van der Waals surface area contributed by atoms with E-state index in [4.69, 9.17) is 4.74 Å². The summed E-state index contributed by atoms with van der Waals surface area (Å²) < 4.78 is 5.43. The number of allylic oxidation sites excluding steroid dienone is 3. The van der Waals surface area contributed by atoms with Crippen LogP contribution in [0.4, 0.5) is 0 Å². The zero-order valence-electron chi connectivity index (χ0n) is 14.4. The highest BCUT2D eigenvalue weighted by atomic mass is 16.5. The van der Waals surface area contributed by atoms with Gasteiger partial charge >= 0.3 is 0 Å². The predicted octanol–water partition coefficient (Wildman–Crippen LogP) is 5.24. The van der Waals surface area contributed by atoms with Gasteiger partial charge in [0, 0.05) is 5.56 Å². The van der Waals surface area contributed by atoms with Crippen molar-refractivity contribution in [3.05, 3.63) is 53.1 Å². The lowest BCUT2D eigenvalue weighted by Crippen LogP contribution is -2.19. The van der Waals surface area contributed by atoms with Crippen molar-refractivity contribution >= 4 is 12.2 Å². The Kier molecular flexibility index (Phi) is 7.13. The lowest BCUT2D eigenvalue weighted by atomic mass is 9.97. The molecule has 0 heterocycles. The van der Waals surface area contributed by atoms with Crippen LogP contribution in [0.5, 0.6) is 5.75 Å². The van der Waals surface area contributed by atoms with Gasteiger partial charge in [-0.25, -0.2) is 0 Å². The molecule has 120 valence electrons. The Labute approximate surface area is 134 Å². The number of benzene rings is 1. The molecule has 0 bridgehead atoms. The molecule has 1 aromatic carbocycles. The summed E-state index contributed by atoms with van der Waals surface area (Å²) in [7, 11) is 1.67. The molecule has 22 heavy (non-hydrogen) atoms. The number of rotatable bonds is 7. The van der Waals surface area contributed by atoms with Crippen LogP contribution in [0.1, 0.15) is 51.7 Å². The Morgan fingerprint density at radius 1 is 1.27 bits per heavy atom. The molecule has 0 amide bonds. The minimum absolute atomic E-state index is 0.702. The van der Waals surface area contributed by atoms with Crippen molar-refractivity contribution in [2.45, 2.75) is 46.1 Å². The second kappa shape index (κ2) is 8.60. The maximum atomic E-state index is 10.4. The van der Waals surface area contributed by atoms with Crippen LogP contribution in [0.2, 0.25) is 0 Å². The van der Waals surface area contributed by atoms with Crippen LogP contribution in [0.3, 0.4) is 0 Å². The number of aliphatic hydroxyl groups is 1. The number of ether oxygens (including phenoxy) is 1. The zero-order chi connectivity index (χ0) is 16.6. The van der Waals surface area contributed by atoms with Gasteiger partial charge in [0.2, 0.25) is 0 Å². The second-order valence-electron chi connectivity index (χ2n) is 6.01. The average molecular weight is 300 g/mol. The first-order valence-electron chi connectivity index (χ1n) is 7.73. The predicted molar refractivity (Wildman–Crippen MR) is 96.0 cm³/mol. The van der Waals surface area contributed by atoms with Gasteiger partial charge in [-0.05, 0) is 52.2 Å². The lowest BCUT2D eigenvalue weighted by molar-refractivity contribution is 0.104. The topological polar surface area (TPSA) is 29.5 Å². The molecular formula is C20H28O2. The highest BCUT2D eigenvalue weighted by Gasteiger charge is 2.15. The average Bonchev–Trinajstić information content (AvgIpc) is 2.45. The van der Waals surface area contributed by atoms with Gasteiger partial charge in [0.1, 0.15) is 5.75 Å². The Morgan fingerprint density at radius 2 is 2.00 bits per heavy atom. The first-order chi connectivity index (χ1) is 10.4. The van der Waals surface area contributed by atoms with Crippen molar-refractivity contribution in [2.75, 3.05) is 7.11 Å². The fraction of sp³-hybridized carbons (Fsp3) is 0.400. The van der Waals surface area contributed by atoms with E-state index in [-0.39, 0.29) is 0 Å². The van der Waals surface area contributed by atoms with Gasteiger partial charge in [0.25, 0.3) is 0 Å². The summed E-state index contributed by atoms with van der Waals surface area (Å²) in [5, 5.41) is 10.4. The molecule has 1 atom stereocenters. The third kappa shape index (κ3) is 6.31. The molecule has 0 aliphatic rings. The van der Waals surface area contributed by atoms with Gasteiger partial charge < -0.3 is 9.84 Å². The molecule has 0 aromatic heterocycles. The quantitative estimate of drug-likeness (QED) is 0.698. The molecule has 0 aliphatic carbocycles. The summed E-state index contributed by atoms with van der Waals surface area (Å²) in [6.07, 6.45) is 11.5. The molecule has 0 radical (unpaired) electrons. The number of methoxy groups -OCH3 is 1. The third-order valence-corrected chi connectivity index (χ3v) is 3.44. The van der Waals surface area contributed by atoms with Crippen LogP contribution in [0.15, 0.2) is 42.0 Å². The Hall–Kier alpha value is -1.80. The van der Waals surface area contributed by atoms with Gasteiger partial charge in [-0.1, -0.05) is 48.1 Å². The summed E-state index contributed by atoms with van der Waals surface area (Å²) in [5.74, 6) is 0.812. The minimum atomic E-state index is -0.820. The van der Waals surface area contributed by atoms with E-state index >= 15 is 0 Å². The van der Waals surface area contributed by atoms with E-state index in [0.717, 1.165) is 23.3 Å². The molecule has 2 nitrogen and oxygen atoms in total. The van der Waals surface area contributed by atoms with Crippen LogP contribution < -0.4 is 4.74 Å². The highest BCUT2D eigenvalue weighted by molar-refractivity contribution is 5.63. The minimum Gasteiger partial charge on any atom is -0.496 e. The van der Waals surface area contributed by atoms with Gasteiger partial charge in [-0.2, -0.15) is 0 Å². The van der Waals surface area contributed by atoms with Gasteiger partial charge in [-0.15, -0.1) is 0 Å². The van der Waals surface area contributed by atoms with Gasteiger partial charge in [-0.3, -0.25) is 0 Å². The molecular weight excluding hydrogens is 272 g/mol. The van der Waals surface area contributed by atoms with Crippen LogP contribution in [-0.2, 0) is 0 Å². The van der Waals surface area contributed by atoms with Crippen LogP contribution >= 0.6 is 0 Å². The van der Waals surface area contributed by atoms with Crippen molar-refractivity contribution < 1.29 is 9.84 Å². The Morgan fingerprint density at radius 3 is 2.59 bits per heavy atom. The molecule has 0 saturated heterocycles. The maximum Gasteiger partial charge on any atom is 0.126 e. The van der Waals surface area contributed by atoms with E-state index in [9.17, 15) is 5.11 Å². The SMILES string of the molecule is CC=Cc1ccc(C=CC(C)(O)CCC=C(C)C)c(OC)c1. The third-order valence-electron chi connectivity index (χ3n) is 3.44. The summed E-state index contributed by atoms with van der Waals surface area (Å²) in [6, 6.07) is 6.05. The van der Waals surface area contributed by atoms with E-state index in [2.05, 4.69) is 19.9 Å². The smallest absolute Gasteiger partial charge is 0.126 e. The summed E-state index contributed by atoms with van der Waals surface area (Å²) in [4.78, 5) is 0. The summed E-state index contributed by atoms with van der Waals surface area (Å²) in [5.41, 5.74) is 2.53. The van der Waals surface area contributed by atoms with E-state index in [0.29, 0.717) is 6.42 Å². The molecule has 1 N–H and O–H groups in total. The van der Waals surface area contributed by atoms with Gasteiger partial charge in [0.05, 0.1) is 12.7 Å². The number of hydrogen-bond donors (Lipinski definition) is 1. The van der Waals surface area contributed by atoms with Crippen LogP contribution in [0.25, 0.3) is 12.2 Å². The number of hydrogen-bond acceptors (Lipinski definition) is 2. The van der Waals surface area contributed by atoms with Crippen LogP contribution in [-0.4, -0.2) is 17.8 Å². The largest absolute Gasteiger partial charge is 0.496 e. The Balaban J connectivity index is 2.86. The summed E-state index contributed by atoms with van der Waals surface area (Å²) >= 11 is 0. The Bertz CT molecular complexity index is 559. The molecule has 1 unspecified atom stereocenters. The molecule has 0 saturated carbocycles. The van der Waals surface area contributed by atoms with Crippen molar-refractivity contribution in [3.63, 3.8) is 0 Å². The monoisotopic (exact) mass is 300 g/mol. The molecule has 1 aromatic rings. The first kappa shape index (κ1) is 18.2. The second-order valence-corrected chi connectivity index (χ2v) is 6.01. The maximum absolute atomic E-state index is 10.4. The van der Waals surface area contributed by atoms with E-state index < -0.39 is 5.60 Å². The fourth-order valence-electron chi connectivity index (χ4n) is 2.17.